The standard InChI is InChI=1S/C13H24N2O/c1-2-11-5-8-15(9-11)12(16)13(10-14)6-3-4-7-13/h11H,2-10,14H2,1H3/t11-/m0/s1. The molecule has 2 fully saturated rings. The van der Waals surface area contributed by atoms with E-state index in [1.54, 1.807) is 0 Å². The zero-order chi connectivity index (χ0) is 11.6. The molecule has 2 rings (SSSR count). The van der Waals surface area contributed by atoms with Crippen LogP contribution in [0.15, 0.2) is 0 Å². The van der Waals surface area contributed by atoms with Gasteiger partial charge in [0.05, 0.1) is 5.41 Å². The van der Waals surface area contributed by atoms with E-state index in [1.807, 2.05) is 0 Å². The molecule has 0 aromatic rings. The van der Waals surface area contributed by atoms with E-state index in [2.05, 4.69) is 11.8 Å². The Morgan fingerprint density at radius 3 is 2.62 bits per heavy atom. The highest BCUT2D eigenvalue weighted by molar-refractivity contribution is 5.83. The highest BCUT2D eigenvalue weighted by Crippen LogP contribution is 2.39. The molecule has 1 amide bonds. The Bertz CT molecular complexity index is 259. The van der Waals surface area contributed by atoms with Gasteiger partial charge in [-0.3, -0.25) is 4.79 Å². The van der Waals surface area contributed by atoms with Crippen LogP contribution in [0.25, 0.3) is 0 Å². The molecule has 0 aromatic heterocycles. The van der Waals surface area contributed by atoms with Crippen molar-refractivity contribution < 1.29 is 4.79 Å². The lowest BCUT2D eigenvalue weighted by atomic mass is 9.84. The fourth-order valence-corrected chi connectivity index (χ4v) is 3.24. The van der Waals surface area contributed by atoms with Crippen LogP contribution in [0.3, 0.4) is 0 Å². The third-order valence-electron chi connectivity index (χ3n) is 4.56. The van der Waals surface area contributed by atoms with Crippen molar-refractivity contribution in [2.24, 2.45) is 17.1 Å². The number of amides is 1. The van der Waals surface area contributed by atoms with E-state index < -0.39 is 0 Å². The van der Waals surface area contributed by atoms with Crippen LogP contribution in [-0.4, -0.2) is 30.4 Å². The molecule has 0 bridgehead atoms. The van der Waals surface area contributed by atoms with Gasteiger partial charge in [-0.15, -0.1) is 0 Å². The molecule has 1 heterocycles. The smallest absolute Gasteiger partial charge is 0.230 e. The SMILES string of the molecule is CC[C@H]1CCN(C(=O)C2(CN)CCCC2)C1. The predicted molar refractivity (Wildman–Crippen MR) is 64.9 cm³/mol. The molecule has 3 nitrogen and oxygen atoms in total. The average Bonchev–Trinajstić information content (AvgIpc) is 2.98. The van der Waals surface area contributed by atoms with Crippen molar-refractivity contribution in [3.8, 4) is 0 Å². The molecule has 1 saturated heterocycles. The molecule has 16 heavy (non-hydrogen) atoms. The normalized spacial score (nSPS) is 28.6. The lowest BCUT2D eigenvalue weighted by molar-refractivity contribution is -0.140. The fourth-order valence-electron chi connectivity index (χ4n) is 3.24. The van der Waals surface area contributed by atoms with E-state index in [1.165, 1.54) is 25.7 Å². The van der Waals surface area contributed by atoms with Crippen LogP contribution in [0.4, 0.5) is 0 Å². The first-order chi connectivity index (χ1) is 7.72. The van der Waals surface area contributed by atoms with E-state index in [9.17, 15) is 4.79 Å². The Labute approximate surface area is 98.4 Å². The quantitative estimate of drug-likeness (QED) is 0.794. The second-order valence-corrected chi connectivity index (χ2v) is 5.51. The van der Waals surface area contributed by atoms with E-state index in [4.69, 9.17) is 5.73 Å². The molecule has 3 heteroatoms. The van der Waals surface area contributed by atoms with Gasteiger partial charge < -0.3 is 10.6 Å². The number of hydrogen-bond donors (Lipinski definition) is 1. The second-order valence-electron chi connectivity index (χ2n) is 5.51. The molecule has 2 aliphatic rings. The van der Waals surface area contributed by atoms with Crippen molar-refractivity contribution in [3.63, 3.8) is 0 Å². The van der Waals surface area contributed by atoms with Gasteiger partial charge in [-0.25, -0.2) is 0 Å². The summed E-state index contributed by atoms with van der Waals surface area (Å²) in [7, 11) is 0. The van der Waals surface area contributed by atoms with Crippen LogP contribution < -0.4 is 5.73 Å². The molecule has 1 aliphatic carbocycles. The van der Waals surface area contributed by atoms with Gasteiger partial charge in [0.15, 0.2) is 0 Å². The van der Waals surface area contributed by atoms with Gasteiger partial charge in [0.1, 0.15) is 0 Å². The summed E-state index contributed by atoms with van der Waals surface area (Å²) in [5, 5.41) is 0. The van der Waals surface area contributed by atoms with Gasteiger partial charge in [-0.1, -0.05) is 26.2 Å². The maximum absolute atomic E-state index is 12.5. The molecule has 2 N–H and O–H groups in total. The largest absolute Gasteiger partial charge is 0.342 e. The Balaban J connectivity index is 2.01. The summed E-state index contributed by atoms with van der Waals surface area (Å²) in [6, 6.07) is 0. The minimum absolute atomic E-state index is 0.192. The second kappa shape index (κ2) is 4.74. The number of carbonyl (C=O) groups is 1. The lowest BCUT2D eigenvalue weighted by Gasteiger charge is -2.31. The summed E-state index contributed by atoms with van der Waals surface area (Å²) in [6.07, 6.45) is 6.75. The van der Waals surface area contributed by atoms with E-state index in [-0.39, 0.29) is 5.41 Å². The molecular weight excluding hydrogens is 200 g/mol. The number of likely N-dealkylation sites (tertiary alicyclic amines) is 1. The minimum Gasteiger partial charge on any atom is -0.342 e. The van der Waals surface area contributed by atoms with Gasteiger partial charge in [0.2, 0.25) is 5.91 Å². The van der Waals surface area contributed by atoms with E-state index >= 15 is 0 Å². The van der Waals surface area contributed by atoms with Gasteiger partial charge in [0.25, 0.3) is 0 Å². The summed E-state index contributed by atoms with van der Waals surface area (Å²) in [6.45, 7) is 4.68. The molecule has 1 saturated carbocycles. The molecule has 0 spiro atoms. The molecule has 0 aromatic carbocycles. The highest BCUT2D eigenvalue weighted by Gasteiger charge is 2.43. The number of rotatable bonds is 3. The minimum atomic E-state index is -0.192. The highest BCUT2D eigenvalue weighted by atomic mass is 16.2. The van der Waals surface area contributed by atoms with Crippen LogP contribution in [-0.2, 0) is 4.79 Å². The maximum Gasteiger partial charge on any atom is 0.230 e. The average molecular weight is 224 g/mol. The van der Waals surface area contributed by atoms with Gasteiger partial charge in [0, 0.05) is 19.6 Å². The summed E-state index contributed by atoms with van der Waals surface area (Å²) in [5.41, 5.74) is 5.67. The molecule has 1 atom stereocenters. The summed E-state index contributed by atoms with van der Waals surface area (Å²) in [4.78, 5) is 14.6. The van der Waals surface area contributed by atoms with Gasteiger partial charge in [-0.2, -0.15) is 0 Å². The predicted octanol–water partition coefficient (Wildman–Crippen LogP) is 1.76. The Kier molecular flexibility index (Phi) is 3.53. The van der Waals surface area contributed by atoms with Crippen LogP contribution in [0.5, 0.6) is 0 Å². The summed E-state index contributed by atoms with van der Waals surface area (Å²) in [5.74, 6) is 1.07. The first-order valence-corrected chi connectivity index (χ1v) is 6.71. The molecular formula is C13H24N2O. The van der Waals surface area contributed by atoms with Gasteiger partial charge in [-0.05, 0) is 25.2 Å². The fraction of sp³-hybridized carbons (Fsp3) is 0.923. The number of hydrogen-bond acceptors (Lipinski definition) is 2. The van der Waals surface area contributed by atoms with Gasteiger partial charge >= 0.3 is 0 Å². The third kappa shape index (κ3) is 1.97. The zero-order valence-electron chi connectivity index (χ0n) is 10.4. The first kappa shape index (κ1) is 11.9. The number of carbonyl (C=O) groups excluding carboxylic acids is 1. The van der Waals surface area contributed by atoms with Crippen molar-refractivity contribution in [3.05, 3.63) is 0 Å². The zero-order valence-corrected chi connectivity index (χ0v) is 10.4. The Hall–Kier alpha value is -0.570. The maximum atomic E-state index is 12.5. The van der Waals surface area contributed by atoms with E-state index in [0.717, 1.165) is 31.8 Å². The van der Waals surface area contributed by atoms with Crippen LogP contribution in [0.1, 0.15) is 45.4 Å². The first-order valence-electron chi connectivity index (χ1n) is 6.71. The molecule has 1 aliphatic heterocycles. The Morgan fingerprint density at radius 1 is 1.44 bits per heavy atom. The third-order valence-corrected chi connectivity index (χ3v) is 4.56. The van der Waals surface area contributed by atoms with Crippen molar-refractivity contribution in [2.45, 2.75) is 45.4 Å². The molecule has 92 valence electrons. The number of nitrogens with zero attached hydrogens (tertiary/aromatic N) is 1. The molecule has 0 unspecified atom stereocenters. The van der Waals surface area contributed by atoms with Crippen LogP contribution in [0.2, 0.25) is 0 Å². The van der Waals surface area contributed by atoms with Crippen molar-refractivity contribution >= 4 is 5.91 Å². The Morgan fingerprint density at radius 2 is 2.12 bits per heavy atom. The summed E-state index contributed by atoms with van der Waals surface area (Å²) >= 11 is 0. The van der Waals surface area contributed by atoms with Crippen LogP contribution >= 0.6 is 0 Å². The lowest BCUT2D eigenvalue weighted by Crippen LogP contribution is -2.45. The summed E-state index contributed by atoms with van der Waals surface area (Å²) < 4.78 is 0. The monoisotopic (exact) mass is 224 g/mol. The van der Waals surface area contributed by atoms with Crippen molar-refractivity contribution in [2.75, 3.05) is 19.6 Å². The molecule has 0 radical (unpaired) electrons. The van der Waals surface area contributed by atoms with Crippen molar-refractivity contribution in [1.29, 1.82) is 0 Å². The van der Waals surface area contributed by atoms with Crippen LogP contribution in [0, 0.1) is 11.3 Å². The van der Waals surface area contributed by atoms with E-state index in [0.29, 0.717) is 12.5 Å². The topological polar surface area (TPSA) is 46.3 Å². The van der Waals surface area contributed by atoms with Crippen molar-refractivity contribution in [1.82, 2.24) is 4.90 Å². The number of nitrogens with two attached hydrogens (primary N) is 1.